The van der Waals surface area contributed by atoms with Crippen molar-refractivity contribution in [1.82, 2.24) is 0 Å². The molecule has 4 heteroatoms. The van der Waals surface area contributed by atoms with Gasteiger partial charge < -0.3 is 0 Å². The van der Waals surface area contributed by atoms with Crippen LogP contribution in [0.5, 0.6) is 0 Å². The second-order valence-corrected chi connectivity index (χ2v) is 5.77. The molecule has 0 unspecified atom stereocenters. The summed E-state index contributed by atoms with van der Waals surface area (Å²) in [6, 6.07) is 9.06. The van der Waals surface area contributed by atoms with Crippen LogP contribution in [0.15, 0.2) is 30.3 Å². The maximum absolute atomic E-state index is 6.15. The Bertz CT molecular complexity index is 591. The highest BCUT2D eigenvalue weighted by atomic mass is 35.5. The van der Waals surface area contributed by atoms with E-state index in [9.17, 15) is 0 Å². The van der Waals surface area contributed by atoms with Crippen molar-refractivity contribution in [3.63, 3.8) is 0 Å². The third-order valence-electron chi connectivity index (χ3n) is 2.81. The predicted molar refractivity (Wildman–Crippen MR) is 80.5 cm³/mol. The second kappa shape index (κ2) is 5.71. The predicted octanol–water partition coefficient (Wildman–Crippen LogP) is 6.20. The van der Waals surface area contributed by atoms with Crippen molar-refractivity contribution in [2.75, 3.05) is 0 Å². The summed E-state index contributed by atoms with van der Waals surface area (Å²) in [5, 5.41) is 2.64. The first kappa shape index (κ1) is 14.0. The monoisotopic (exact) mass is 318 g/mol. The van der Waals surface area contributed by atoms with E-state index >= 15 is 0 Å². The Hall–Kier alpha value is -0.400. The van der Waals surface area contributed by atoms with E-state index in [1.54, 1.807) is 18.2 Å². The van der Waals surface area contributed by atoms with Gasteiger partial charge in [0, 0.05) is 20.1 Å². The van der Waals surface area contributed by atoms with E-state index in [1.807, 2.05) is 19.1 Å². The quantitative estimate of drug-likeness (QED) is 0.618. The summed E-state index contributed by atoms with van der Waals surface area (Å²) in [6.07, 6.45) is 0.658. The van der Waals surface area contributed by atoms with Crippen molar-refractivity contribution >= 4 is 46.4 Å². The van der Waals surface area contributed by atoms with Crippen LogP contribution in [0.1, 0.15) is 16.7 Å². The number of halogens is 4. The summed E-state index contributed by atoms with van der Waals surface area (Å²) < 4.78 is 0. The standard InChI is InChI=1S/C14H10Cl4/c1-8-9(5-12(16)7-14(8)18)4-10-6-11(15)2-3-13(10)17/h2-3,5-7H,4H2,1H3. The van der Waals surface area contributed by atoms with E-state index in [2.05, 4.69) is 0 Å². The minimum Gasteiger partial charge on any atom is -0.0843 e. The molecule has 0 bridgehead atoms. The molecular weight excluding hydrogens is 310 g/mol. The summed E-state index contributed by atoms with van der Waals surface area (Å²) in [5.74, 6) is 0. The number of hydrogen-bond donors (Lipinski definition) is 0. The molecule has 0 atom stereocenters. The van der Waals surface area contributed by atoms with E-state index in [1.165, 1.54) is 0 Å². The van der Waals surface area contributed by atoms with Gasteiger partial charge in [0.1, 0.15) is 0 Å². The van der Waals surface area contributed by atoms with E-state index in [0.29, 0.717) is 26.5 Å². The summed E-state index contributed by atoms with van der Waals surface area (Å²) >= 11 is 24.3. The maximum Gasteiger partial charge on any atom is 0.0452 e. The fourth-order valence-corrected chi connectivity index (χ4v) is 2.68. The topological polar surface area (TPSA) is 0 Å². The Morgan fingerprint density at radius 1 is 0.778 bits per heavy atom. The van der Waals surface area contributed by atoms with Gasteiger partial charge in [0.05, 0.1) is 0 Å². The lowest BCUT2D eigenvalue weighted by molar-refractivity contribution is 1.16. The van der Waals surface area contributed by atoms with Crippen LogP contribution in [0.25, 0.3) is 0 Å². The van der Waals surface area contributed by atoms with Gasteiger partial charge in [0.25, 0.3) is 0 Å². The minimum absolute atomic E-state index is 0.624. The van der Waals surface area contributed by atoms with Crippen molar-refractivity contribution in [3.05, 3.63) is 67.1 Å². The molecule has 0 spiro atoms. The average molecular weight is 320 g/mol. The molecule has 0 nitrogen and oxygen atoms in total. The molecule has 0 amide bonds. The van der Waals surface area contributed by atoms with E-state index in [4.69, 9.17) is 46.4 Å². The largest absolute Gasteiger partial charge is 0.0843 e. The number of benzene rings is 2. The van der Waals surface area contributed by atoms with Crippen molar-refractivity contribution in [1.29, 1.82) is 0 Å². The fraction of sp³-hybridized carbons (Fsp3) is 0.143. The zero-order chi connectivity index (χ0) is 13.3. The molecule has 0 radical (unpaired) electrons. The van der Waals surface area contributed by atoms with Gasteiger partial charge in [-0.1, -0.05) is 46.4 Å². The first-order valence-corrected chi connectivity index (χ1v) is 6.87. The van der Waals surface area contributed by atoms with E-state index in [-0.39, 0.29) is 0 Å². The molecule has 0 heterocycles. The Morgan fingerprint density at radius 2 is 1.44 bits per heavy atom. The van der Waals surface area contributed by atoms with E-state index < -0.39 is 0 Å². The Kier molecular flexibility index (Phi) is 4.45. The number of rotatable bonds is 2. The first-order chi connectivity index (χ1) is 8.47. The SMILES string of the molecule is Cc1c(Cl)cc(Cl)cc1Cc1cc(Cl)ccc1Cl. The van der Waals surface area contributed by atoms with Gasteiger partial charge in [0.2, 0.25) is 0 Å². The van der Waals surface area contributed by atoms with Crippen LogP contribution >= 0.6 is 46.4 Å². The molecule has 2 aromatic rings. The van der Waals surface area contributed by atoms with E-state index in [0.717, 1.165) is 16.7 Å². The van der Waals surface area contributed by atoms with Gasteiger partial charge in [-0.2, -0.15) is 0 Å². The minimum atomic E-state index is 0.624. The van der Waals surface area contributed by atoms with Crippen molar-refractivity contribution in [3.8, 4) is 0 Å². The molecule has 0 saturated heterocycles. The molecular formula is C14H10Cl4. The number of hydrogen-bond acceptors (Lipinski definition) is 0. The highest BCUT2D eigenvalue weighted by Crippen LogP contribution is 2.29. The molecule has 0 N–H and O–H groups in total. The van der Waals surface area contributed by atoms with Gasteiger partial charge in [-0.15, -0.1) is 0 Å². The Balaban J connectivity index is 2.43. The van der Waals surface area contributed by atoms with Crippen LogP contribution in [-0.4, -0.2) is 0 Å². The lowest BCUT2D eigenvalue weighted by Crippen LogP contribution is -1.94. The lowest BCUT2D eigenvalue weighted by Gasteiger charge is -2.10. The second-order valence-electron chi connectivity index (χ2n) is 4.08. The molecule has 0 aliphatic heterocycles. The third-order valence-corrected chi connectivity index (χ3v) is 4.02. The van der Waals surface area contributed by atoms with Gasteiger partial charge in [-0.05, 0) is 60.4 Å². The van der Waals surface area contributed by atoms with Crippen molar-refractivity contribution in [2.45, 2.75) is 13.3 Å². The zero-order valence-corrected chi connectivity index (χ0v) is 12.6. The Morgan fingerprint density at radius 3 is 2.17 bits per heavy atom. The summed E-state index contributed by atoms with van der Waals surface area (Å²) in [5.41, 5.74) is 3.03. The van der Waals surface area contributed by atoms with Crippen molar-refractivity contribution < 1.29 is 0 Å². The van der Waals surface area contributed by atoms with Crippen LogP contribution in [0.4, 0.5) is 0 Å². The molecule has 0 aliphatic carbocycles. The maximum atomic E-state index is 6.15. The smallest absolute Gasteiger partial charge is 0.0452 e. The highest BCUT2D eigenvalue weighted by molar-refractivity contribution is 6.35. The van der Waals surface area contributed by atoms with Crippen LogP contribution in [0.3, 0.4) is 0 Å². The van der Waals surface area contributed by atoms with Gasteiger partial charge in [0.15, 0.2) is 0 Å². The van der Waals surface area contributed by atoms with Crippen LogP contribution in [0, 0.1) is 6.92 Å². The summed E-state index contributed by atoms with van der Waals surface area (Å²) in [7, 11) is 0. The van der Waals surface area contributed by atoms with Gasteiger partial charge >= 0.3 is 0 Å². The first-order valence-electron chi connectivity index (χ1n) is 5.36. The van der Waals surface area contributed by atoms with Gasteiger partial charge in [-0.3, -0.25) is 0 Å². The molecule has 94 valence electrons. The van der Waals surface area contributed by atoms with Crippen LogP contribution < -0.4 is 0 Å². The highest BCUT2D eigenvalue weighted by Gasteiger charge is 2.08. The summed E-state index contributed by atoms with van der Waals surface area (Å²) in [6.45, 7) is 1.96. The normalized spacial score (nSPS) is 10.7. The molecule has 0 aromatic heterocycles. The fourth-order valence-electron chi connectivity index (χ4n) is 1.77. The molecule has 18 heavy (non-hydrogen) atoms. The Labute approximate surface area is 126 Å². The molecule has 2 aromatic carbocycles. The third kappa shape index (κ3) is 3.13. The lowest BCUT2D eigenvalue weighted by atomic mass is 10.0. The average Bonchev–Trinajstić information content (AvgIpc) is 2.30. The molecule has 0 saturated carbocycles. The summed E-state index contributed by atoms with van der Waals surface area (Å²) in [4.78, 5) is 0. The van der Waals surface area contributed by atoms with Crippen LogP contribution in [0.2, 0.25) is 20.1 Å². The molecule has 0 fully saturated rings. The zero-order valence-electron chi connectivity index (χ0n) is 9.61. The molecule has 2 rings (SSSR count). The van der Waals surface area contributed by atoms with Crippen LogP contribution in [-0.2, 0) is 6.42 Å². The van der Waals surface area contributed by atoms with Gasteiger partial charge in [-0.25, -0.2) is 0 Å². The molecule has 0 aliphatic rings. The van der Waals surface area contributed by atoms with Crippen molar-refractivity contribution in [2.24, 2.45) is 0 Å².